The Morgan fingerprint density at radius 1 is 1.13 bits per heavy atom. The molecule has 0 saturated heterocycles. The van der Waals surface area contributed by atoms with Crippen molar-refractivity contribution in [1.29, 1.82) is 0 Å². The smallest absolute Gasteiger partial charge is 0.286 e. The molecule has 2 aromatic carbocycles. The van der Waals surface area contributed by atoms with Crippen LogP contribution >= 0.6 is 0 Å². The molecule has 0 radical (unpaired) electrons. The van der Waals surface area contributed by atoms with Gasteiger partial charge in [-0.25, -0.2) is 9.07 Å². The summed E-state index contributed by atoms with van der Waals surface area (Å²) in [7, 11) is 1.82. The number of benzene rings is 2. The quantitative estimate of drug-likeness (QED) is 0.373. The summed E-state index contributed by atoms with van der Waals surface area (Å²) in [6.45, 7) is 2.57. The van der Waals surface area contributed by atoms with Crippen molar-refractivity contribution in [2.75, 3.05) is 26.4 Å². The number of hydrogen-bond donors (Lipinski definition) is 2. The lowest BCUT2D eigenvalue weighted by Gasteiger charge is -2.29. The number of aromatic nitrogens is 2. The van der Waals surface area contributed by atoms with E-state index in [2.05, 4.69) is 5.32 Å². The van der Waals surface area contributed by atoms with Crippen molar-refractivity contribution in [3.8, 4) is 5.69 Å². The fourth-order valence-electron chi connectivity index (χ4n) is 4.41. The number of carbonyl (C=O) groups is 1. The van der Waals surface area contributed by atoms with Gasteiger partial charge in [-0.2, -0.15) is 0 Å². The van der Waals surface area contributed by atoms with Crippen LogP contribution in [-0.4, -0.2) is 53.1 Å². The number of ether oxygens (including phenoxy) is 3. The molecule has 0 aliphatic carbocycles. The van der Waals surface area contributed by atoms with Crippen LogP contribution in [0.1, 0.15) is 29.2 Å². The van der Waals surface area contributed by atoms with E-state index in [1.807, 2.05) is 44.3 Å². The predicted molar refractivity (Wildman–Crippen MR) is 138 cm³/mol. The second kappa shape index (κ2) is 12.7. The lowest BCUT2D eigenvalue weighted by atomic mass is 9.93. The van der Waals surface area contributed by atoms with Gasteiger partial charge in [0.2, 0.25) is 6.29 Å². The van der Waals surface area contributed by atoms with Gasteiger partial charge in [0.05, 0.1) is 32.1 Å². The molecule has 0 saturated carbocycles. The molecule has 0 unspecified atom stereocenters. The van der Waals surface area contributed by atoms with Crippen molar-refractivity contribution < 1.29 is 28.5 Å². The van der Waals surface area contributed by atoms with Gasteiger partial charge < -0.3 is 24.6 Å². The molecule has 0 spiro atoms. The molecule has 1 aliphatic rings. The van der Waals surface area contributed by atoms with Crippen LogP contribution < -0.4 is 10.9 Å². The minimum absolute atomic E-state index is 0.0403. The van der Waals surface area contributed by atoms with Gasteiger partial charge in [0.25, 0.3) is 11.5 Å². The van der Waals surface area contributed by atoms with Crippen LogP contribution in [0.15, 0.2) is 71.2 Å². The van der Waals surface area contributed by atoms with E-state index in [1.165, 1.54) is 12.1 Å². The Kier molecular flexibility index (Phi) is 9.11. The minimum atomic E-state index is -0.793. The van der Waals surface area contributed by atoms with E-state index in [0.717, 1.165) is 16.9 Å². The summed E-state index contributed by atoms with van der Waals surface area (Å²) >= 11 is 0. The molecular weight excluding hydrogens is 493 g/mol. The van der Waals surface area contributed by atoms with E-state index >= 15 is 0 Å². The van der Waals surface area contributed by atoms with Crippen LogP contribution in [0.2, 0.25) is 0 Å². The van der Waals surface area contributed by atoms with Gasteiger partial charge in [-0.15, -0.1) is 0 Å². The lowest BCUT2D eigenvalue weighted by molar-refractivity contribution is -0.151. The topological polar surface area (TPSA) is 104 Å². The number of hydrogen-bond acceptors (Lipinski definition) is 6. The summed E-state index contributed by atoms with van der Waals surface area (Å²) in [4.78, 5) is 26.7. The van der Waals surface area contributed by atoms with Crippen molar-refractivity contribution in [3.05, 3.63) is 99.4 Å². The van der Waals surface area contributed by atoms with E-state index < -0.39 is 18.1 Å². The van der Waals surface area contributed by atoms with E-state index in [4.69, 9.17) is 19.3 Å². The Hall–Kier alpha value is -3.73. The fraction of sp³-hybridized carbons (Fsp3) is 0.357. The Morgan fingerprint density at radius 3 is 2.58 bits per heavy atom. The molecular formula is C28H32FN3O6. The minimum Gasteiger partial charge on any atom is -0.459 e. The normalized spacial score (nSPS) is 17.1. The first-order valence-corrected chi connectivity index (χ1v) is 12.4. The maximum Gasteiger partial charge on any atom is 0.286 e. The third-order valence-corrected chi connectivity index (χ3v) is 6.38. The van der Waals surface area contributed by atoms with Gasteiger partial charge in [0.1, 0.15) is 5.82 Å². The SMILES string of the molecule is Cc1c([C@@H]2C=C(C(=O)NCc3ccc(F)cc3)O[C@H](OCCOCCO)C2)c(=O)n(-c2ccccc2)n1C. The highest BCUT2D eigenvalue weighted by molar-refractivity contribution is 5.91. The first-order chi connectivity index (χ1) is 18.4. The molecule has 2 atom stereocenters. The molecule has 4 rings (SSSR count). The van der Waals surface area contributed by atoms with E-state index in [1.54, 1.807) is 27.6 Å². The monoisotopic (exact) mass is 525 g/mol. The lowest BCUT2D eigenvalue weighted by Crippen LogP contribution is -2.34. The Balaban J connectivity index is 1.59. The first-order valence-electron chi connectivity index (χ1n) is 12.4. The van der Waals surface area contributed by atoms with Gasteiger partial charge >= 0.3 is 0 Å². The summed E-state index contributed by atoms with van der Waals surface area (Å²) in [5.74, 6) is -1.23. The predicted octanol–water partition coefficient (Wildman–Crippen LogP) is 2.68. The van der Waals surface area contributed by atoms with Gasteiger partial charge in [-0.3, -0.25) is 14.3 Å². The number of nitrogens with one attached hydrogen (secondary N) is 1. The number of para-hydroxylation sites is 1. The number of carbonyl (C=O) groups excluding carboxylic acids is 1. The molecule has 10 heteroatoms. The summed E-state index contributed by atoms with van der Waals surface area (Å²) in [6.07, 6.45) is 1.18. The van der Waals surface area contributed by atoms with Crippen LogP contribution in [0.3, 0.4) is 0 Å². The standard InChI is InChI=1S/C28H32FN3O6/c1-19-26(28(35)32(31(19)2)23-6-4-3-5-7-23)21-16-24(38-25(17-21)37-15-14-36-13-12-33)27(34)30-18-20-8-10-22(29)11-9-20/h3-11,16,21,25,33H,12-15,17-18H2,1-2H3,(H,30,34)/t21-,25+/m1/s1. The highest BCUT2D eigenvalue weighted by Gasteiger charge is 2.33. The molecule has 3 aromatic rings. The molecule has 2 N–H and O–H groups in total. The molecule has 2 heterocycles. The maximum absolute atomic E-state index is 13.6. The highest BCUT2D eigenvalue weighted by atomic mass is 19.1. The molecule has 38 heavy (non-hydrogen) atoms. The van der Waals surface area contributed by atoms with Crippen molar-refractivity contribution in [2.24, 2.45) is 7.05 Å². The molecule has 0 bridgehead atoms. The summed E-state index contributed by atoms with van der Waals surface area (Å²) in [5, 5.41) is 11.7. The number of aliphatic hydroxyl groups is 1. The van der Waals surface area contributed by atoms with Gasteiger partial charge in [-0.05, 0) is 42.8 Å². The van der Waals surface area contributed by atoms with Gasteiger partial charge in [0, 0.05) is 37.2 Å². The molecule has 9 nitrogen and oxygen atoms in total. The highest BCUT2D eigenvalue weighted by Crippen LogP contribution is 2.32. The van der Waals surface area contributed by atoms with Gasteiger partial charge in [0.15, 0.2) is 5.76 Å². The van der Waals surface area contributed by atoms with E-state index in [-0.39, 0.29) is 50.1 Å². The van der Waals surface area contributed by atoms with E-state index in [0.29, 0.717) is 12.0 Å². The first kappa shape index (κ1) is 27.3. The Morgan fingerprint density at radius 2 is 1.87 bits per heavy atom. The zero-order chi connectivity index (χ0) is 27.1. The zero-order valence-electron chi connectivity index (χ0n) is 21.4. The number of halogens is 1. The van der Waals surface area contributed by atoms with Crippen molar-refractivity contribution >= 4 is 5.91 Å². The molecule has 1 aliphatic heterocycles. The molecule has 1 aromatic heterocycles. The molecule has 1 amide bonds. The van der Waals surface area contributed by atoms with Crippen LogP contribution in [0.4, 0.5) is 4.39 Å². The zero-order valence-corrected chi connectivity index (χ0v) is 21.4. The second-order valence-electron chi connectivity index (χ2n) is 8.91. The summed E-state index contributed by atoms with van der Waals surface area (Å²) in [6, 6.07) is 15.2. The van der Waals surface area contributed by atoms with Crippen LogP contribution in [0, 0.1) is 12.7 Å². The Bertz CT molecular complexity index is 1320. The van der Waals surface area contributed by atoms with Crippen molar-refractivity contribution in [1.82, 2.24) is 14.7 Å². The average molecular weight is 526 g/mol. The second-order valence-corrected chi connectivity index (χ2v) is 8.91. The number of rotatable bonds is 11. The van der Waals surface area contributed by atoms with Crippen molar-refractivity contribution in [3.63, 3.8) is 0 Å². The number of amides is 1. The number of allylic oxidation sites excluding steroid dienone is 1. The maximum atomic E-state index is 13.6. The third-order valence-electron chi connectivity index (χ3n) is 6.38. The Labute approximate surface area is 220 Å². The van der Waals surface area contributed by atoms with Crippen LogP contribution in [0.25, 0.3) is 5.69 Å². The fourth-order valence-corrected chi connectivity index (χ4v) is 4.41. The number of aliphatic hydroxyl groups excluding tert-OH is 1. The van der Waals surface area contributed by atoms with Gasteiger partial charge in [-0.1, -0.05) is 30.3 Å². The number of nitrogens with zero attached hydrogens (tertiary/aromatic N) is 2. The van der Waals surface area contributed by atoms with E-state index in [9.17, 15) is 14.0 Å². The largest absolute Gasteiger partial charge is 0.459 e. The molecule has 202 valence electrons. The summed E-state index contributed by atoms with van der Waals surface area (Å²) in [5.41, 5.74) is 2.59. The van der Waals surface area contributed by atoms with Crippen molar-refractivity contribution in [2.45, 2.75) is 32.1 Å². The van der Waals surface area contributed by atoms with Crippen LogP contribution in [0.5, 0.6) is 0 Å². The third kappa shape index (κ3) is 6.39. The van der Waals surface area contributed by atoms with Crippen LogP contribution in [-0.2, 0) is 32.6 Å². The molecule has 0 fully saturated rings. The average Bonchev–Trinajstić information content (AvgIpc) is 3.15. The summed E-state index contributed by atoms with van der Waals surface area (Å²) < 4.78 is 33.6.